The van der Waals surface area contributed by atoms with Crippen molar-refractivity contribution in [1.29, 1.82) is 0 Å². The molecule has 0 spiro atoms. The molecule has 3 nitrogen and oxygen atoms in total. The summed E-state index contributed by atoms with van der Waals surface area (Å²) in [6.07, 6.45) is 5.29. The molecular formula is C14H29NO2. The molecule has 3 unspecified atom stereocenters. The minimum Gasteiger partial charge on any atom is -0.389 e. The van der Waals surface area contributed by atoms with Gasteiger partial charge in [0.2, 0.25) is 0 Å². The zero-order valence-corrected chi connectivity index (χ0v) is 11.6. The van der Waals surface area contributed by atoms with Crippen LogP contribution in [0, 0.1) is 11.8 Å². The molecule has 0 radical (unpaired) electrons. The first kappa shape index (κ1) is 14.9. The van der Waals surface area contributed by atoms with Gasteiger partial charge < -0.3 is 15.2 Å². The van der Waals surface area contributed by atoms with Crippen LogP contribution < -0.4 is 5.32 Å². The van der Waals surface area contributed by atoms with E-state index in [1.807, 2.05) is 13.8 Å². The minimum absolute atomic E-state index is 0.197. The van der Waals surface area contributed by atoms with E-state index in [0.29, 0.717) is 13.2 Å². The van der Waals surface area contributed by atoms with Crippen molar-refractivity contribution in [3.63, 3.8) is 0 Å². The lowest BCUT2D eigenvalue weighted by Crippen LogP contribution is -2.36. The van der Waals surface area contributed by atoms with Crippen molar-refractivity contribution in [2.75, 3.05) is 19.7 Å². The maximum atomic E-state index is 9.71. The lowest BCUT2D eigenvalue weighted by molar-refractivity contribution is 0.00579. The summed E-state index contributed by atoms with van der Waals surface area (Å²) in [6.45, 7) is 8.46. The Hall–Kier alpha value is -0.120. The summed E-state index contributed by atoms with van der Waals surface area (Å²) >= 11 is 0. The zero-order chi connectivity index (χ0) is 12.7. The monoisotopic (exact) mass is 243 g/mol. The van der Waals surface area contributed by atoms with Crippen molar-refractivity contribution in [3.05, 3.63) is 0 Å². The molecule has 0 aromatic rings. The van der Waals surface area contributed by atoms with Crippen LogP contribution in [-0.4, -0.2) is 37.0 Å². The van der Waals surface area contributed by atoms with E-state index in [1.165, 1.54) is 25.7 Å². The molecule has 0 bridgehead atoms. The lowest BCUT2D eigenvalue weighted by atomic mass is 9.80. The number of aliphatic hydroxyl groups excluding tert-OH is 1. The van der Waals surface area contributed by atoms with Crippen molar-refractivity contribution < 1.29 is 9.84 Å². The molecule has 1 rings (SSSR count). The molecule has 3 atom stereocenters. The first-order valence-electron chi connectivity index (χ1n) is 7.10. The second-order valence-electron chi connectivity index (χ2n) is 5.72. The van der Waals surface area contributed by atoms with Gasteiger partial charge in [0.15, 0.2) is 0 Å². The van der Waals surface area contributed by atoms with E-state index in [-0.39, 0.29) is 12.2 Å². The first-order chi connectivity index (χ1) is 8.09. The van der Waals surface area contributed by atoms with E-state index in [2.05, 4.69) is 12.2 Å². The van der Waals surface area contributed by atoms with Crippen molar-refractivity contribution in [2.45, 2.75) is 58.7 Å². The number of hydrogen-bond acceptors (Lipinski definition) is 3. The maximum Gasteiger partial charge on any atom is 0.0897 e. The number of ether oxygens (including phenoxy) is 1. The zero-order valence-electron chi connectivity index (χ0n) is 11.6. The Morgan fingerprint density at radius 2 is 2.00 bits per heavy atom. The summed E-state index contributed by atoms with van der Waals surface area (Å²) < 4.78 is 5.38. The van der Waals surface area contributed by atoms with E-state index in [0.717, 1.165) is 18.4 Å². The van der Waals surface area contributed by atoms with Crippen LogP contribution in [0.2, 0.25) is 0 Å². The second kappa shape index (κ2) is 8.06. The fourth-order valence-corrected chi connectivity index (χ4v) is 2.49. The molecule has 1 aliphatic rings. The average Bonchev–Trinajstić information content (AvgIpc) is 2.29. The molecule has 2 N–H and O–H groups in total. The summed E-state index contributed by atoms with van der Waals surface area (Å²) in [5, 5.41) is 13.1. The van der Waals surface area contributed by atoms with E-state index in [9.17, 15) is 5.11 Å². The Bertz CT molecular complexity index is 197. The third-order valence-corrected chi connectivity index (χ3v) is 3.70. The fraction of sp³-hybridized carbons (Fsp3) is 1.00. The van der Waals surface area contributed by atoms with Gasteiger partial charge in [0, 0.05) is 6.54 Å². The number of hydrogen-bond donors (Lipinski definition) is 2. The molecule has 0 aliphatic heterocycles. The molecule has 102 valence electrons. The van der Waals surface area contributed by atoms with Crippen LogP contribution >= 0.6 is 0 Å². The van der Waals surface area contributed by atoms with Crippen LogP contribution in [0.15, 0.2) is 0 Å². The van der Waals surface area contributed by atoms with Crippen LogP contribution in [0.3, 0.4) is 0 Å². The Kier molecular flexibility index (Phi) is 7.09. The molecule has 3 heteroatoms. The predicted octanol–water partition coefficient (Wildman–Crippen LogP) is 2.19. The highest BCUT2D eigenvalue weighted by atomic mass is 16.5. The highest BCUT2D eigenvalue weighted by Gasteiger charge is 2.20. The summed E-state index contributed by atoms with van der Waals surface area (Å²) in [5.74, 6) is 1.63. The summed E-state index contributed by atoms with van der Waals surface area (Å²) in [6, 6.07) is 0. The average molecular weight is 243 g/mol. The summed E-state index contributed by atoms with van der Waals surface area (Å²) in [7, 11) is 0. The predicted molar refractivity (Wildman–Crippen MR) is 71.1 cm³/mol. The van der Waals surface area contributed by atoms with Crippen molar-refractivity contribution in [3.8, 4) is 0 Å². The third-order valence-electron chi connectivity index (χ3n) is 3.70. The summed E-state index contributed by atoms with van der Waals surface area (Å²) in [5.41, 5.74) is 0. The molecular weight excluding hydrogens is 214 g/mol. The molecule has 0 amide bonds. The number of rotatable bonds is 7. The topological polar surface area (TPSA) is 41.5 Å². The third kappa shape index (κ3) is 6.39. The van der Waals surface area contributed by atoms with Gasteiger partial charge in [0.1, 0.15) is 0 Å². The van der Waals surface area contributed by atoms with E-state index < -0.39 is 0 Å². The van der Waals surface area contributed by atoms with Crippen LogP contribution in [0.5, 0.6) is 0 Å². The first-order valence-corrected chi connectivity index (χ1v) is 7.10. The van der Waals surface area contributed by atoms with Gasteiger partial charge in [0.05, 0.1) is 18.8 Å². The van der Waals surface area contributed by atoms with E-state index in [4.69, 9.17) is 4.74 Å². The Balaban J connectivity index is 2.05. The maximum absolute atomic E-state index is 9.71. The van der Waals surface area contributed by atoms with Gasteiger partial charge in [-0.1, -0.05) is 26.2 Å². The minimum atomic E-state index is -0.378. The van der Waals surface area contributed by atoms with Gasteiger partial charge in [-0.3, -0.25) is 0 Å². The van der Waals surface area contributed by atoms with Crippen LogP contribution in [-0.2, 0) is 4.74 Å². The van der Waals surface area contributed by atoms with Crippen molar-refractivity contribution in [2.24, 2.45) is 11.8 Å². The molecule has 1 aliphatic carbocycles. The van der Waals surface area contributed by atoms with Crippen LogP contribution in [0.1, 0.15) is 46.5 Å². The standard InChI is InChI=1S/C14H29NO2/c1-11(2)17-10-14(16)9-15-8-13-7-5-4-6-12(13)3/h11-16H,4-10H2,1-3H3. The Morgan fingerprint density at radius 3 is 2.65 bits per heavy atom. The van der Waals surface area contributed by atoms with Crippen LogP contribution in [0.25, 0.3) is 0 Å². The van der Waals surface area contributed by atoms with Crippen LogP contribution in [0.4, 0.5) is 0 Å². The largest absolute Gasteiger partial charge is 0.389 e. The van der Waals surface area contributed by atoms with Crippen molar-refractivity contribution in [1.82, 2.24) is 5.32 Å². The van der Waals surface area contributed by atoms with E-state index >= 15 is 0 Å². The molecule has 0 saturated heterocycles. The Morgan fingerprint density at radius 1 is 1.29 bits per heavy atom. The second-order valence-corrected chi connectivity index (χ2v) is 5.72. The number of aliphatic hydroxyl groups is 1. The lowest BCUT2D eigenvalue weighted by Gasteiger charge is -2.29. The normalized spacial score (nSPS) is 27.4. The quantitative estimate of drug-likeness (QED) is 0.720. The smallest absolute Gasteiger partial charge is 0.0897 e. The summed E-state index contributed by atoms with van der Waals surface area (Å²) in [4.78, 5) is 0. The SMILES string of the molecule is CC(C)OCC(O)CNCC1CCCCC1C. The van der Waals surface area contributed by atoms with Gasteiger partial charge in [-0.15, -0.1) is 0 Å². The highest BCUT2D eigenvalue weighted by molar-refractivity contribution is 4.74. The molecule has 1 fully saturated rings. The number of nitrogens with one attached hydrogen (secondary N) is 1. The van der Waals surface area contributed by atoms with Gasteiger partial charge in [-0.25, -0.2) is 0 Å². The molecule has 1 saturated carbocycles. The molecule has 0 aromatic carbocycles. The Labute approximate surface area is 106 Å². The molecule has 17 heavy (non-hydrogen) atoms. The van der Waals surface area contributed by atoms with Gasteiger partial charge in [0.25, 0.3) is 0 Å². The fourth-order valence-electron chi connectivity index (χ4n) is 2.49. The van der Waals surface area contributed by atoms with Gasteiger partial charge >= 0.3 is 0 Å². The highest BCUT2D eigenvalue weighted by Crippen LogP contribution is 2.28. The van der Waals surface area contributed by atoms with Gasteiger partial charge in [-0.2, -0.15) is 0 Å². The molecule has 0 aromatic heterocycles. The van der Waals surface area contributed by atoms with E-state index in [1.54, 1.807) is 0 Å². The molecule has 0 heterocycles. The van der Waals surface area contributed by atoms with Crippen molar-refractivity contribution >= 4 is 0 Å². The van der Waals surface area contributed by atoms with Gasteiger partial charge in [-0.05, 0) is 38.6 Å².